The number of ether oxygens (including phenoxy) is 1. The number of para-hydroxylation sites is 3. The molecule has 0 atom stereocenters. The van der Waals surface area contributed by atoms with E-state index in [9.17, 15) is 13.2 Å². The zero-order chi connectivity index (χ0) is 17.9. The molecule has 0 amide bonds. The van der Waals surface area contributed by atoms with Gasteiger partial charge in [0.15, 0.2) is 5.75 Å². The van der Waals surface area contributed by atoms with Crippen LogP contribution in [0.1, 0.15) is 5.56 Å². The summed E-state index contributed by atoms with van der Waals surface area (Å²) in [6, 6.07) is 16.8. The summed E-state index contributed by atoms with van der Waals surface area (Å²) in [5.41, 5.74) is 5.34. The van der Waals surface area contributed by atoms with Gasteiger partial charge in [-0.15, -0.1) is 0 Å². The molecule has 25 heavy (non-hydrogen) atoms. The Morgan fingerprint density at radius 1 is 0.920 bits per heavy atom. The molecule has 0 fully saturated rings. The molecular weight excluding hydrogens is 331 g/mol. The largest absolute Gasteiger partial charge is 0.455 e. The summed E-state index contributed by atoms with van der Waals surface area (Å²) in [6.45, 7) is 0. The molecule has 128 valence electrons. The summed E-state index contributed by atoms with van der Waals surface area (Å²) >= 11 is 0. The molecule has 0 aliphatic carbocycles. The molecule has 0 aliphatic heterocycles. The van der Waals surface area contributed by atoms with E-state index in [0.29, 0.717) is 23.4 Å². The van der Waals surface area contributed by atoms with Crippen LogP contribution in [0.3, 0.4) is 0 Å². The molecule has 1 aromatic heterocycles. The fraction of sp³-hybridized carbons (Fsp3) is 0.0556. The van der Waals surface area contributed by atoms with E-state index in [4.69, 9.17) is 10.5 Å². The third kappa shape index (κ3) is 4.00. The molecule has 3 aromatic rings. The second-order valence-electron chi connectivity index (χ2n) is 5.19. The fourth-order valence-corrected chi connectivity index (χ4v) is 2.15. The zero-order valence-corrected chi connectivity index (χ0v) is 12.9. The Labute approximate surface area is 142 Å². The zero-order valence-electron chi connectivity index (χ0n) is 12.9. The second kappa shape index (κ2) is 6.72. The van der Waals surface area contributed by atoms with Crippen molar-refractivity contribution in [2.24, 2.45) is 0 Å². The molecule has 0 radical (unpaired) electrons. The average molecular weight is 345 g/mol. The minimum Gasteiger partial charge on any atom is -0.455 e. The standard InChI is InChI=1S/C18H14F3N3O/c19-18(20,21)12-10-15(17(22)23-11-12)24-14-8-4-5-9-16(14)25-13-6-2-1-3-7-13/h1-11,24H,(H2,22,23). The van der Waals surface area contributed by atoms with Crippen molar-refractivity contribution in [1.29, 1.82) is 0 Å². The van der Waals surface area contributed by atoms with Crippen LogP contribution < -0.4 is 15.8 Å². The van der Waals surface area contributed by atoms with Crippen LogP contribution in [0.15, 0.2) is 66.9 Å². The number of hydrogen-bond acceptors (Lipinski definition) is 4. The smallest absolute Gasteiger partial charge is 0.417 e. The highest BCUT2D eigenvalue weighted by atomic mass is 19.4. The van der Waals surface area contributed by atoms with Gasteiger partial charge in [-0.1, -0.05) is 30.3 Å². The summed E-state index contributed by atoms with van der Waals surface area (Å²) in [4.78, 5) is 3.61. The van der Waals surface area contributed by atoms with Crippen molar-refractivity contribution in [3.8, 4) is 11.5 Å². The molecule has 2 aromatic carbocycles. The summed E-state index contributed by atoms with van der Waals surface area (Å²) in [7, 11) is 0. The quantitative estimate of drug-likeness (QED) is 0.681. The molecule has 7 heteroatoms. The Kier molecular flexibility index (Phi) is 4.47. The number of benzene rings is 2. The molecule has 4 nitrogen and oxygen atoms in total. The first-order chi connectivity index (χ1) is 11.9. The van der Waals surface area contributed by atoms with Crippen molar-refractivity contribution in [3.05, 3.63) is 72.4 Å². The summed E-state index contributed by atoms with van der Waals surface area (Å²) < 4.78 is 44.4. The maximum atomic E-state index is 12.9. The lowest BCUT2D eigenvalue weighted by Gasteiger charge is -2.15. The molecule has 0 saturated carbocycles. The molecule has 0 bridgehead atoms. The van der Waals surface area contributed by atoms with Crippen LogP contribution in [0.5, 0.6) is 11.5 Å². The van der Waals surface area contributed by atoms with Crippen LogP contribution >= 0.6 is 0 Å². The van der Waals surface area contributed by atoms with E-state index in [1.165, 1.54) is 0 Å². The van der Waals surface area contributed by atoms with Gasteiger partial charge in [-0.25, -0.2) is 4.98 Å². The highest BCUT2D eigenvalue weighted by Crippen LogP contribution is 2.35. The lowest BCUT2D eigenvalue weighted by atomic mass is 10.2. The van der Waals surface area contributed by atoms with E-state index >= 15 is 0 Å². The predicted octanol–water partition coefficient (Wildman–Crippen LogP) is 5.22. The normalized spacial score (nSPS) is 11.2. The SMILES string of the molecule is Nc1ncc(C(F)(F)F)cc1Nc1ccccc1Oc1ccccc1. The minimum absolute atomic E-state index is 0.0393. The molecule has 0 saturated heterocycles. The molecule has 0 aliphatic rings. The van der Waals surface area contributed by atoms with Gasteiger partial charge in [0.1, 0.15) is 11.6 Å². The van der Waals surface area contributed by atoms with E-state index in [0.717, 1.165) is 6.07 Å². The van der Waals surface area contributed by atoms with Crippen LogP contribution in [0.25, 0.3) is 0 Å². The van der Waals surface area contributed by atoms with Gasteiger partial charge >= 0.3 is 6.18 Å². The Balaban J connectivity index is 1.91. The number of nitrogens with zero attached hydrogens (tertiary/aromatic N) is 1. The molecule has 3 N–H and O–H groups in total. The van der Waals surface area contributed by atoms with Gasteiger partial charge < -0.3 is 15.8 Å². The molecule has 3 rings (SSSR count). The number of nitrogens with one attached hydrogen (secondary N) is 1. The Bertz CT molecular complexity index is 867. The number of hydrogen-bond donors (Lipinski definition) is 2. The van der Waals surface area contributed by atoms with E-state index in [-0.39, 0.29) is 11.5 Å². The van der Waals surface area contributed by atoms with Gasteiger partial charge in [0.2, 0.25) is 0 Å². The van der Waals surface area contributed by atoms with Crippen molar-refractivity contribution >= 4 is 17.2 Å². The molecular formula is C18H14F3N3O. The Morgan fingerprint density at radius 3 is 2.32 bits per heavy atom. The van der Waals surface area contributed by atoms with Gasteiger partial charge in [0, 0.05) is 6.20 Å². The monoisotopic (exact) mass is 345 g/mol. The first-order valence-corrected chi connectivity index (χ1v) is 7.35. The highest BCUT2D eigenvalue weighted by Gasteiger charge is 2.31. The lowest BCUT2D eigenvalue weighted by molar-refractivity contribution is -0.137. The average Bonchev–Trinajstić information content (AvgIpc) is 2.58. The summed E-state index contributed by atoms with van der Waals surface area (Å²) in [6.07, 6.45) is -3.80. The molecule has 0 unspecified atom stereocenters. The maximum absolute atomic E-state index is 12.9. The van der Waals surface area contributed by atoms with Crippen molar-refractivity contribution in [2.45, 2.75) is 6.18 Å². The first kappa shape index (κ1) is 16.6. The predicted molar refractivity (Wildman–Crippen MR) is 89.9 cm³/mol. The minimum atomic E-state index is -4.50. The number of anilines is 3. The molecule has 0 spiro atoms. The topological polar surface area (TPSA) is 60.2 Å². The summed E-state index contributed by atoms with van der Waals surface area (Å²) in [5.74, 6) is 1.01. The number of pyridine rings is 1. The maximum Gasteiger partial charge on any atom is 0.417 e. The first-order valence-electron chi connectivity index (χ1n) is 7.35. The fourth-order valence-electron chi connectivity index (χ4n) is 2.15. The van der Waals surface area contributed by atoms with Crippen LogP contribution in [-0.2, 0) is 6.18 Å². The van der Waals surface area contributed by atoms with Crippen LogP contribution in [-0.4, -0.2) is 4.98 Å². The number of aromatic nitrogens is 1. The van der Waals surface area contributed by atoms with E-state index in [2.05, 4.69) is 10.3 Å². The number of alkyl halides is 3. The van der Waals surface area contributed by atoms with Gasteiger partial charge in [0.25, 0.3) is 0 Å². The lowest BCUT2D eigenvalue weighted by Crippen LogP contribution is -2.08. The van der Waals surface area contributed by atoms with Crippen molar-refractivity contribution in [3.63, 3.8) is 0 Å². The number of nitrogens with two attached hydrogens (primary N) is 1. The number of nitrogen functional groups attached to an aromatic ring is 1. The van der Waals surface area contributed by atoms with Crippen LogP contribution in [0, 0.1) is 0 Å². The molecule has 1 heterocycles. The van der Waals surface area contributed by atoms with Gasteiger partial charge in [0.05, 0.1) is 16.9 Å². The number of halogens is 3. The van der Waals surface area contributed by atoms with E-state index < -0.39 is 11.7 Å². The van der Waals surface area contributed by atoms with E-state index in [1.807, 2.05) is 18.2 Å². The number of rotatable bonds is 4. The Morgan fingerprint density at radius 2 is 1.60 bits per heavy atom. The van der Waals surface area contributed by atoms with Crippen molar-refractivity contribution < 1.29 is 17.9 Å². The van der Waals surface area contributed by atoms with E-state index in [1.54, 1.807) is 36.4 Å². The highest BCUT2D eigenvalue weighted by molar-refractivity contribution is 5.73. The second-order valence-corrected chi connectivity index (χ2v) is 5.19. The third-order valence-electron chi connectivity index (χ3n) is 3.37. The van der Waals surface area contributed by atoms with Gasteiger partial charge in [-0.3, -0.25) is 0 Å². The van der Waals surface area contributed by atoms with Crippen LogP contribution in [0.4, 0.5) is 30.4 Å². The Hall–Kier alpha value is -3.22. The summed E-state index contributed by atoms with van der Waals surface area (Å²) in [5, 5.41) is 2.86. The van der Waals surface area contributed by atoms with Crippen molar-refractivity contribution in [1.82, 2.24) is 4.98 Å². The van der Waals surface area contributed by atoms with Gasteiger partial charge in [-0.2, -0.15) is 13.2 Å². The van der Waals surface area contributed by atoms with Gasteiger partial charge in [-0.05, 0) is 30.3 Å². The third-order valence-corrected chi connectivity index (χ3v) is 3.37. The van der Waals surface area contributed by atoms with Crippen LogP contribution in [0.2, 0.25) is 0 Å². The van der Waals surface area contributed by atoms with Crippen molar-refractivity contribution in [2.75, 3.05) is 11.1 Å².